The molecule has 4 heteroatoms. The van der Waals surface area contributed by atoms with Crippen molar-refractivity contribution in [3.8, 4) is 0 Å². The predicted octanol–water partition coefficient (Wildman–Crippen LogP) is 1.05. The number of carbonyl (C=O) groups excluding carboxylic acids is 1. The summed E-state index contributed by atoms with van der Waals surface area (Å²) in [5.74, 6) is -0.122. The van der Waals surface area contributed by atoms with Gasteiger partial charge in [-0.05, 0) is 12.5 Å². The Hall–Kier alpha value is -1.39. The first-order valence-electron chi connectivity index (χ1n) is 5.60. The van der Waals surface area contributed by atoms with Crippen molar-refractivity contribution in [3.05, 3.63) is 35.9 Å². The molecule has 1 atom stereocenters. The lowest BCUT2D eigenvalue weighted by Gasteiger charge is -2.24. The maximum absolute atomic E-state index is 11.4. The minimum atomic E-state index is -1.05. The Kier molecular flexibility index (Phi) is 5.12. The van der Waals surface area contributed by atoms with Gasteiger partial charge in [0, 0.05) is 13.5 Å². The first-order valence-corrected chi connectivity index (χ1v) is 5.60. The van der Waals surface area contributed by atoms with E-state index >= 15 is 0 Å². The van der Waals surface area contributed by atoms with Crippen LogP contribution in [0.2, 0.25) is 0 Å². The van der Waals surface area contributed by atoms with Gasteiger partial charge >= 0.3 is 0 Å². The number of ether oxygens (including phenoxy) is 1. The quantitative estimate of drug-likeness (QED) is 0.777. The zero-order chi connectivity index (χ0) is 12.7. The van der Waals surface area contributed by atoms with Crippen LogP contribution in [0.1, 0.15) is 18.9 Å². The van der Waals surface area contributed by atoms with E-state index in [1.165, 1.54) is 0 Å². The van der Waals surface area contributed by atoms with E-state index in [0.29, 0.717) is 13.0 Å². The van der Waals surface area contributed by atoms with Crippen LogP contribution >= 0.6 is 0 Å². The fourth-order valence-electron chi connectivity index (χ4n) is 1.45. The largest absolute Gasteiger partial charge is 0.384 e. The van der Waals surface area contributed by atoms with E-state index in [0.717, 1.165) is 5.56 Å². The van der Waals surface area contributed by atoms with E-state index in [4.69, 9.17) is 4.74 Å². The minimum Gasteiger partial charge on any atom is -0.384 e. The molecule has 0 aliphatic carbocycles. The highest BCUT2D eigenvalue weighted by Crippen LogP contribution is 2.18. The Morgan fingerprint density at radius 2 is 2.06 bits per heavy atom. The number of hydrogen-bond donors (Lipinski definition) is 2. The summed E-state index contributed by atoms with van der Waals surface area (Å²) in [7, 11) is 1.55. The fourth-order valence-corrected chi connectivity index (χ4v) is 1.45. The summed E-state index contributed by atoms with van der Waals surface area (Å²) in [6.45, 7) is 2.26. The van der Waals surface area contributed by atoms with Crippen LogP contribution in [0.4, 0.5) is 0 Å². The van der Waals surface area contributed by atoms with E-state index < -0.39 is 5.60 Å². The molecule has 1 rings (SSSR count). The standard InChI is InChI=1S/C13H19NO3/c1-13(16,11-6-4-3-5-7-11)10-14-12(15)8-9-17-2/h3-7,16H,8-10H2,1-2H3,(H,14,15). The van der Waals surface area contributed by atoms with Crippen molar-refractivity contribution in [1.82, 2.24) is 5.32 Å². The molecule has 1 aromatic rings. The van der Waals surface area contributed by atoms with Crippen LogP contribution < -0.4 is 5.32 Å². The Balaban J connectivity index is 2.48. The van der Waals surface area contributed by atoms with Crippen LogP contribution in [-0.4, -0.2) is 31.3 Å². The minimum absolute atomic E-state index is 0.122. The van der Waals surface area contributed by atoms with Crippen LogP contribution in [0.5, 0.6) is 0 Å². The summed E-state index contributed by atoms with van der Waals surface area (Å²) in [5.41, 5.74) is -0.267. The van der Waals surface area contributed by atoms with Gasteiger partial charge in [-0.3, -0.25) is 4.79 Å². The average molecular weight is 237 g/mol. The number of methoxy groups -OCH3 is 1. The van der Waals surface area contributed by atoms with Gasteiger partial charge in [-0.15, -0.1) is 0 Å². The van der Waals surface area contributed by atoms with Gasteiger partial charge in [0.2, 0.25) is 5.91 Å². The molecule has 0 bridgehead atoms. The maximum atomic E-state index is 11.4. The zero-order valence-electron chi connectivity index (χ0n) is 10.3. The van der Waals surface area contributed by atoms with E-state index in [1.807, 2.05) is 30.3 Å². The summed E-state index contributed by atoms with van der Waals surface area (Å²) < 4.78 is 4.81. The Labute approximate surface area is 102 Å². The molecule has 0 aliphatic rings. The number of amides is 1. The number of aliphatic hydroxyl groups is 1. The van der Waals surface area contributed by atoms with E-state index in [1.54, 1.807) is 14.0 Å². The van der Waals surface area contributed by atoms with Crippen LogP contribution in [0.15, 0.2) is 30.3 Å². The lowest BCUT2D eigenvalue weighted by atomic mass is 9.96. The highest BCUT2D eigenvalue weighted by molar-refractivity contribution is 5.76. The molecule has 17 heavy (non-hydrogen) atoms. The average Bonchev–Trinajstić information content (AvgIpc) is 2.35. The summed E-state index contributed by atoms with van der Waals surface area (Å²) in [6, 6.07) is 9.27. The Bertz CT molecular complexity index is 349. The van der Waals surface area contributed by atoms with Crippen molar-refractivity contribution >= 4 is 5.91 Å². The monoisotopic (exact) mass is 237 g/mol. The SMILES string of the molecule is COCCC(=O)NCC(C)(O)c1ccccc1. The van der Waals surface area contributed by atoms with Crippen LogP contribution in [-0.2, 0) is 15.1 Å². The highest BCUT2D eigenvalue weighted by atomic mass is 16.5. The molecule has 1 amide bonds. The van der Waals surface area contributed by atoms with Crippen LogP contribution in [0.3, 0.4) is 0 Å². The number of nitrogens with one attached hydrogen (secondary N) is 1. The number of hydrogen-bond acceptors (Lipinski definition) is 3. The smallest absolute Gasteiger partial charge is 0.222 e. The molecule has 0 heterocycles. The third-order valence-corrected chi connectivity index (χ3v) is 2.56. The van der Waals surface area contributed by atoms with E-state index in [2.05, 4.69) is 5.32 Å². The molecule has 0 saturated heterocycles. The lowest BCUT2D eigenvalue weighted by molar-refractivity contribution is -0.123. The molecule has 4 nitrogen and oxygen atoms in total. The lowest BCUT2D eigenvalue weighted by Crippen LogP contribution is -2.38. The molecule has 0 spiro atoms. The van der Waals surface area contributed by atoms with Crippen LogP contribution in [0, 0.1) is 0 Å². The fraction of sp³-hybridized carbons (Fsp3) is 0.462. The molecule has 0 aliphatic heterocycles. The van der Waals surface area contributed by atoms with Crippen molar-refractivity contribution in [2.75, 3.05) is 20.3 Å². The Morgan fingerprint density at radius 3 is 2.65 bits per heavy atom. The van der Waals surface area contributed by atoms with Crippen molar-refractivity contribution in [3.63, 3.8) is 0 Å². The van der Waals surface area contributed by atoms with Gasteiger partial charge in [0.15, 0.2) is 0 Å². The van der Waals surface area contributed by atoms with E-state index in [9.17, 15) is 9.90 Å². The van der Waals surface area contributed by atoms with Crippen molar-refractivity contribution in [1.29, 1.82) is 0 Å². The first-order chi connectivity index (χ1) is 8.06. The molecule has 1 unspecified atom stereocenters. The van der Waals surface area contributed by atoms with Gasteiger partial charge in [0.25, 0.3) is 0 Å². The third kappa shape index (κ3) is 4.54. The summed E-state index contributed by atoms with van der Waals surface area (Å²) in [5, 5.41) is 12.9. The number of carbonyl (C=O) groups is 1. The van der Waals surface area contributed by atoms with Gasteiger partial charge in [-0.1, -0.05) is 30.3 Å². The summed E-state index contributed by atoms with van der Waals surface area (Å²) in [6.07, 6.45) is 0.307. The molecule has 0 saturated carbocycles. The molecule has 0 fully saturated rings. The molecule has 94 valence electrons. The van der Waals surface area contributed by atoms with Crippen LogP contribution in [0.25, 0.3) is 0 Å². The van der Waals surface area contributed by atoms with Crippen molar-refractivity contribution in [2.45, 2.75) is 18.9 Å². The molecular weight excluding hydrogens is 218 g/mol. The first kappa shape index (κ1) is 13.7. The molecule has 1 aromatic carbocycles. The maximum Gasteiger partial charge on any atom is 0.222 e. The van der Waals surface area contributed by atoms with E-state index in [-0.39, 0.29) is 12.5 Å². The second-order valence-electron chi connectivity index (χ2n) is 4.16. The van der Waals surface area contributed by atoms with Gasteiger partial charge < -0.3 is 15.2 Å². The predicted molar refractivity (Wildman–Crippen MR) is 65.5 cm³/mol. The normalized spacial score (nSPS) is 14.1. The summed E-state index contributed by atoms with van der Waals surface area (Å²) in [4.78, 5) is 11.4. The van der Waals surface area contributed by atoms with Gasteiger partial charge in [0.05, 0.1) is 13.2 Å². The molecule has 2 N–H and O–H groups in total. The third-order valence-electron chi connectivity index (χ3n) is 2.56. The highest BCUT2D eigenvalue weighted by Gasteiger charge is 2.23. The number of benzene rings is 1. The zero-order valence-corrected chi connectivity index (χ0v) is 10.3. The number of rotatable bonds is 6. The second-order valence-corrected chi connectivity index (χ2v) is 4.16. The van der Waals surface area contributed by atoms with Crippen molar-refractivity contribution in [2.24, 2.45) is 0 Å². The van der Waals surface area contributed by atoms with Gasteiger partial charge in [-0.2, -0.15) is 0 Å². The topological polar surface area (TPSA) is 58.6 Å². The summed E-state index contributed by atoms with van der Waals surface area (Å²) >= 11 is 0. The van der Waals surface area contributed by atoms with Gasteiger partial charge in [-0.25, -0.2) is 0 Å². The molecule has 0 aromatic heterocycles. The second kappa shape index (κ2) is 6.37. The Morgan fingerprint density at radius 1 is 1.41 bits per heavy atom. The van der Waals surface area contributed by atoms with Gasteiger partial charge in [0.1, 0.15) is 5.60 Å². The van der Waals surface area contributed by atoms with Crippen molar-refractivity contribution < 1.29 is 14.6 Å². The molecular formula is C13H19NO3. The molecule has 0 radical (unpaired) electrons.